The molecule has 0 bridgehead atoms. The van der Waals surface area contributed by atoms with Gasteiger partial charge in [0.2, 0.25) is 5.91 Å². The van der Waals surface area contributed by atoms with Crippen molar-refractivity contribution in [1.29, 1.82) is 0 Å². The number of benzene rings is 1. The summed E-state index contributed by atoms with van der Waals surface area (Å²) in [5.74, 6) is 0.388. The van der Waals surface area contributed by atoms with E-state index in [0.29, 0.717) is 19.6 Å². The van der Waals surface area contributed by atoms with E-state index in [2.05, 4.69) is 20.6 Å². The second-order valence-corrected chi connectivity index (χ2v) is 8.01. The van der Waals surface area contributed by atoms with Crippen molar-refractivity contribution in [3.05, 3.63) is 52.8 Å². The molecule has 2 aliphatic heterocycles. The Balaban J connectivity index is 1.60. The molecule has 8 heteroatoms. The quantitative estimate of drug-likeness (QED) is 0.740. The maximum absolute atomic E-state index is 12.9. The molecule has 0 spiro atoms. The number of nitrogens with zero attached hydrogens (tertiary/aromatic N) is 3. The van der Waals surface area contributed by atoms with Crippen LogP contribution in [0.25, 0.3) is 6.08 Å². The van der Waals surface area contributed by atoms with Crippen LogP contribution < -0.4 is 15.5 Å². The number of carbonyl (C=O) groups is 2. The maximum Gasteiger partial charge on any atom is 0.268 e. The van der Waals surface area contributed by atoms with E-state index in [1.807, 2.05) is 49.0 Å². The molecule has 1 aromatic carbocycles. The van der Waals surface area contributed by atoms with E-state index in [4.69, 9.17) is 4.74 Å². The highest BCUT2D eigenvalue weighted by atomic mass is 16.5. The topological polar surface area (TPSA) is 88.5 Å². The van der Waals surface area contributed by atoms with E-state index in [1.165, 1.54) is 0 Å². The lowest BCUT2D eigenvalue weighted by Gasteiger charge is -2.35. The van der Waals surface area contributed by atoms with Crippen molar-refractivity contribution >= 4 is 23.7 Å². The lowest BCUT2D eigenvalue weighted by Crippen LogP contribution is -2.64. The van der Waals surface area contributed by atoms with E-state index in [-0.39, 0.29) is 17.5 Å². The maximum atomic E-state index is 12.9. The van der Waals surface area contributed by atoms with E-state index in [1.54, 1.807) is 13.0 Å². The molecule has 0 aliphatic carbocycles. The second-order valence-electron chi connectivity index (χ2n) is 8.01. The van der Waals surface area contributed by atoms with Gasteiger partial charge in [0.05, 0.1) is 18.9 Å². The molecule has 1 atom stereocenters. The summed E-state index contributed by atoms with van der Waals surface area (Å²) in [7, 11) is 1.89. The first-order valence-electron chi connectivity index (χ1n) is 10.1. The Kier molecular flexibility index (Phi) is 5.34. The number of amides is 2. The van der Waals surface area contributed by atoms with Crippen LogP contribution in [-0.4, -0.2) is 53.4 Å². The van der Waals surface area contributed by atoms with Gasteiger partial charge in [-0.15, -0.1) is 0 Å². The smallest absolute Gasteiger partial charge is 0.268 e. The van der Waals surface area contributed by atoms with Gasteiger partial charge in [-0.25, -0.2) is 0 Å². The number of aromatic nitrogens is 2. The molecule has 0 saturated carbocycles. The van der Waals surface area contributed by atoms with Crippen LogP contribution in [0.3, 0.4) is 0 Å². The molecule has 2 saturated heterocycles. The monoisotopic (exact) mass is 409 g/mol. The highest BCUT2D eigenvalue weighted by Gasteiger charge is 2.41. The number of aryl methyl sites for hydroxylation is 2. The molecule has 2 N–H and O–H groups in total. The number of nitrogens with one attached hydrogen (secondary N) is 2. The molecule has 2 aliphatic rings. The number of hydrogen-bond acceptors (Lipinski definition) is 5. The third-order valence-corrected chi connectivity index (χ3v) is 5.62. The van der Waals surface area contributed by atoms with Crippen molar-refractivity contribution in [2.75, 3.05) is 31.2 Å². The number of hydrogen-bond donors (Lipinski definition) is 2. The van der Waals surface area contributed by atoms with Crippen LogP contribution in [0.1, 0.15) is 23.7 Å². The lowest BCUT2D eigenvalue weighted by molar-refractivity contribution is -0.135. The Morgan fingerprint density at radius 1 is 1.20 bits per heavy atom. The van der Waals surface area contributed by atoms with Crippen molar-refractivity contribution in [2.45, 2.75) is 25.8 Å². The fourth-order valence-electron chi connectivity index (χ4n) is 4.05. The van der Waals surface area contributed by atoms with E-state index in [0.717, 1.165) is 35.7 Å². The van der Waals surface area contributed by atoms with Gasteiger partial charge in [0, 0.05) is 32.1 Å². The number of piperazine rings is 1. The molecule has 158 valence electrons. The van der Waals surface area contributed by atoms with Crippen molar-refractivity contribution in [2.24, 2.45) is 7.05 Å². The summed E-state index contributed by atoms with van der Waals surface area (Å²) >= 11 is 0. The van der Waals surface area contributed by atoms with Gasteiger partial charge in [0.1, 0.15) is 17.1 Å². The minimum Gasteiger partial charge on any atom is -0.378 e. The third-order valence-electron chi connectivity index (χ3n) is 5.62. The van der Waals surface area contributed by atoms with Gasteiger partial charge in [0.25, 0.3) is 5.91 Å². The molecular weight excluding hydrogens is 382 g/mol. The SMILES string of the molecule is Cc1nn(C)c(N2CCOCC2)c1C=C1NC(=O)C(C)(Cc2ccccc2)NC1=O. The molecule has 2 aromatic rings. The molecule has 30 heavy (non-hydrogen) atoms. The average molecular weight is 409 g/mol. The average Bonchev–Trinajstić information content (AvgIpc) is 3.00. The van der Waals surface area contributed by atoms with Gasteiger partial charge >= 0.3 is 0 Å². The molecule has 0 radical (unpaired) electrons. The molecule has 3 heterocycles. The van der Waals surface area contributed by atoms with Gasteiger partial charge in [-0.1, -0.05) is 30.3 Å². The van der Waals surface area contributed by atoms with Crippen LogP contribution >= 0.6 is 0 Å². The summed E-state index contributed by atoms with van der Waals surface area (Å²) in [6.45, 7) is 6.45. The van der Waals surface area contributed by atoms with Crippen molar-refractivity contribution < 1.29 is 14.3 Å². The number of ether oxygens (including phenoxy) is 1. The van der Waals surface area contributed by atoms with E-state index in [9.17, 15) is 9.59 Å². The first kappa shape index (κ1) is 20.2. The van der Waals surface area contributed by atoms with E-state index >= 15 is 0 Å². The third kappa shape index (κ3) is 3.82. The number of carbonyl (C=O) groups excluding carboxylic acids is 2. The van der Waals surface area contributed by atoms with Gasteiger partial charge in [0.15, 0.2) is 0 Å². The molecule has 1 aromatic heterocycles. The van der Waals surface area contributed by atoms with Crippen molar-refractivity contribution in [3.63, 3.8) is 0 Å². The van der Waals surface area contributed by atoms with Crippen LogP contribution in [-0.2, 0) is 27.8 Å². The molecule has 2 amide bonds. The second kappa shape index (κ2) is 7.95. The number of rotatable bonds is 4. The van der Waals surface area contributed by atoms with Crippen LogP contribution in [0.2, 0.25) is 0 Å². The fraction of sp³-hybridized carbons (Fsp3) is 0.409. The predicted molar refractivity (Wildman–Crippen MR) is 114 cm³/mol. The summed E-state index contributed by atoms with van der Waals surface area (Å²) in [4.78, 5) is 28.0. The molecule has 8 nitrogen and oxygen atoms in total. The summed E-state index contributed by atoms with van der Waals surface area (Å²) in [5.41, 5.74) is 1.84. The highest BCUT2D eigenvalue weighted by molar-refractivity contribution is 6.09. The zero-order chi connectivity index (χ0) is 21.3. The fourth-order valence-corrected chi connectivity index (χ4v) is 4.05. The lowest BCUT2D eigenvalue weighted by atomic mass is 9.89. The standard InChI is InChI=1S/C22H27N5O3/c1-15-17(20(26(3)25-15)27-9-11-30-12-10-27)13-18-19(28)24-22(2,21(29)23-18)14-16-7-5-4-6-8-16/h4-8,13H,9-12,14H2,1-3H3,(H,23,29)(H,24,28). The molecule has 4 rings (SSSR count). The van der Waals surface area contributed by atoms with Crippen LogP contribution in [0.5, 0.6) is 0 Å². The Hall–Kier alpha value is -3.13. The minimum atomic E-state index is -1.01. The summed E-state index contributed by atoms with van der Waals surface area (Å²) in [6, 6.07) is 9.66. The van der Waals surface area contributed by atoms with Crippen molar-refractivity contribution in [1.82, 2.24) is 20.4 Å². The van der Waals surface area contributed by atoms with E-state index < -0.39 is 5.54 Å². The number of morpholine rings is 1. The van der Waals surface area contributed by atoms with Gasteiger partial charge in [-0.2, -0.15) is 5.10 Å². The van der Waals surface area contributed by atoms with Gasteiger partial charge < -0.3 is 20.3 Å². The Labute approximate surface area is 175 Å². The highest BCUT2D eigenvalue weighted by Crippen LogP contribution is 2.27. The largest absolute Gasteiger partial charge is 0.378 e. The Morgan fingerprint density at radius 2 is 1.90 bits per heavy atom. The zero-order valence-corrected chi connectivity index (χ0v) is 17.6. The zero-order valence-electron chi connectivity index (χ0n) is 17.6. The van der Waals surface area contributed by atoms with Gasteiger partial charge in [-0.3, -0.25) is 14.3 Å². The van der Waals surface area contributed by atoms with Crippen LogP contribution in [0.4, 0.5) is 5.82 Å². The van der Waals surface area contributed by atoms with Crippen LogP contribution in [0, 0.1) is 6.92 Å². The Bertz CT molecular complexity index is 992. The summed E-state index contributed by atoms with van der Waals surface area (Å²) < 4.78 is 7.27. The summed E-state index contributed by atoms with van der Waals surface area (Å²) in [5, 5.41) is 10.3. The molecule has 1 unspecified atom stereocenters. The minimum absolute atomic E-state index is 0.230. The summed E-state index contributed by atoms with van der Waals surface area (Å²) in [6.07, 6.45) is 2.14. The van der Waals surface area contributed by atoms with Gasteiger partial charge in [-0.05, 0) is 25.5 Å². The normalized spacial score (nSPS) is 23.4. The molecule has 2 fully saturated rings. The first-order chi connectivity index (χ1) is 14.4. The number of anilines is 1. The first-order valence-corrected chi connectivity index (χ1v) is 10.1. The molecular formula is C22H27N5O3. The van der Waals surface area contributed by atoms with Crippen molar-refractivity contribution in [3.8, 4) is 0 Å². The predicted octanol–water partition coefficient (Wildman–Crippen LogP) is 1.15. The Morgan fingerprint density at radius 3 is 2.60 bits per heavy atom. The van der Waals surface area contributed by atoms with Crippen LogP contribution in [0.15, 0.2) is 36.0 Å².